The van der Waals surface area contributed by atoms with E-state index in [0.717, 1.165) is 10.8 Å². The Bertz CT molecular complexity index is 1160. The molecule has 5 aromatic carbocycles. The van der Waals surface area contributed by atoms with Crippen LogP contribution in [0.25, 0.3) is 43.4 Å². The van der Waals surface area contributed by atoms with Crippen LogP contribution in [-0.4, -0.2) is 7.85 Å². The maximum absolute atomic E-state index is 6.22. The Morgan fingerprint density at radius 3 is 1.91 bits per heavy atom. The lowest BCUT2D eigenvalue weighted by atomic mass is 9.84. The van der Waals surface area contributed by atoms with Crippen LogP contribution in [0.2, 0.25) is 0 Å². The summed E-state index contributed by atoms with van der Waals surface area (Å²) in [5.74, 6) is 0. The second-order valence-electron chi connectivity index (χ2n) is 6.06. The van der Waals surface area contributed by atoms with Gasteiger partial charge in [0.25, 0.3) is 0 Å². The molecule has 0 spiro atoms. The molecule has 5 aromatic rings. The Labute approximate surface area is 136 Å². The first-order valence-electron chi connectivity index (χ1n) is 7.84. The average Bonchev–Trinajstić information content (AvgIpc) is 2.62. The standard InChI is InChI=1S/C22H13B/c23-20-13-9-16-7-11-18-17(14-4-2-1-3-5-14)10-6-15-8-12-19(20)22(16)21(15)18/h1-13H. The van der Waals surface area contributed by atoms with E-state index in [1.54, 1.807) is 0 Å². The minimum atomic E-state index is 0.844. The van der Waals surface area contributed by atoms with E-state index >= 15 is 0 Å². The zero-order chi connectivity index (χ0) is 15.4. The Balaban J connectivity index is 2.03. The smallest absolute Gasteiger partial charge is 0.0889 e. The Kier molecular flexibility index (Phi) is 2.54. The van der Waals surface area contributed by atoms with Crippen molar-refractivity contribution in [3.8, 4) is 11.1 Å². The molecule has 1 heteroatoms. The van der Waals surface area contributed by atoms with Gasteiger partial charge in [-0.2, -0.15) is 0 Å². The van der Waals surface area contributed by atoms with Gasteiger partial charge in [-0.15, -0.1) is 0 Å². The van der Waals surface area contributed by atoms with Crippen molar-refractivity contribution in [3.63, 3.8) is 0 Å². The maximum atomic E-state index is 6.22. The summed E-state index contributed by atoms with van der Waals surface area (Å²) in [7, 11) is 6.22. The molecule has 5 rings (SSSR count). The highest BCUT2D eigenvalue weighted by molar-refractivity contribution is 6.42. The van der Waals surface area contributed by atoms with Crippen molar-refractivity contribution in [1.29, 1.82) is 0 Å². The molecule has 0 saturated heterocycles. The van der Waals surface area contributed by atoms with Gasteiger partial charge in [-0.05, 0) is 43.4 Å². The third-order valence-corrected chi connectivity index (χ3v) is 4.78. The van der Waals surface area contributed by atoms with E-state index in [-0.39, 0.29) is 0 Å². The van der Waals surface area contributed by atoms with Crippen molar-refractivity contribution in [2.45, 2.75) is 0 Å². The third-order valence-electron chi connectivity index (χ3n) is 4.78. The minimum Gasteiger partial charge on any atom is -0.0889 e. The van der Waals surface area contributed by atoms with Gasteiger partial charge in [0.15, 0.2) is 0 Å². The highest BCUT2D eigenvalue weighted by Crippen LogP contribution is 2.38. The third kappa shape index (κ3) is 1.74. The van der Waals surface area contributed by atoms with Gasteiger partial charge in [-0.1, -0.05) is 84.3 Å². The molecule has 0 aliphatic heterocycles. The summed E-state index contributed by atoms with van der Waals surface area (Å²) in [4.78, 5) is 0. The molecule has 0 aliphatic carbocycles. The van der Waals surface area contributed by atoms with Crippen molar-refractivity contribution in [2.24, 2.45) is 0 Å². The topological polar surface area (TPSA) is 0 Å². The quantitative estimate of drug-likeness (QED) is 0.299. The van der Waals surface area contributed by atoms with Crippen LogP contribution in [0.4, 0.5) is 0 Å². The van der Waals surface area contributed by atoms with Gasteiger partial charge < -0.3 is 0 Å². The molecule has 0 aliphatic rings. The molecule has 104 valence electrons. The largest absolute Gasteiger partial charge is 0.114 e. The predicted octanol–water partition coefficient (Wildman–Crippen LogP) is 5.04. The first-order valence-corrected chi connectivity index (χ1v) is 7.84. The van der Waals surface area contributed by atoms with Gasteiger partial charge in [0, 0.05) is 0 Å². The zero-order valence-electron chi connectivity index (χ0n) is 12.6. The average molecular weight is 288 g/mol. The summed E-state index contributed by atoms with van der Waals surface area (Å²) < 4.78 is 0. The number of hydrogen-bond donors (Lipinski definition) is 0. The van der Waals surface area contributed by atoms with E-state index in [4.69, 9.17) is 7.85 Å². The maximum Gasteiger partial charge on any atom is 0.114 e. The summed E-state index contributed by atoms with van der Waals surface area (Å²) in [6.45, 7) is 0. The summed E-state index contributed by atoms with van der Waals surface area (Å²) >= 11 is 0. The second-order valence-corrected chi connectivity index (χ2v) is 6.06. The number of rotatable bonds is 1. The fourth-order valence-corrected chi connectivity index (χ4v) is 3.69. The lowest BCUT2D eigenvalue weighted by Crippen LogP contribution is -2.03. The molecule has 0 atom stereocenters. The molecule has 0 N–H and O–H groups in total. The van der Waals surface area contributed by atoms with Gasteiger partial charge >= 0.3 is 0 Å². The summed E-state index contributed by atoms with van der Waals surface area (Å²) in [5.41, 5.74) is 3.37. The number of benzene rings is 5. The Hall–Kier alpha value is -2.80. The monoisotopic (exact) mass is 288 g/mol. The van der Waals surface area contributed by atoms with E-state index in [0.29, 0.717) is 0 Å². The van der Waals surface area contributed by atoms with Crippen LogP contribution in [0.1, 0.15) is 0 Å². The molecule has 0 aromatic heterocycles. The van der Waals surface area contributed by atoms with Gasteiger partial charge in [0.1, 0.15) is 7.85 Å². The normalized spacial score (nSPS) is 11.7. The number of hydrogen-bond acceptors (Lipinski definition) is 0. The lowest BCUT2D eigenvalue weighted by Gasteiger charge is -2.15. The van der Waals surface area contributed by atoms with Crippen LogP contribution in [0.3, 0.4) is 0 Å². The van der Waals surface area contributed by atoms with Crippen LogP contribution >= 0.6 is 0 Å². The highest BCUT2D eigenvalue weighted by atomic mass is 14.1. The van der Waals surface area contributed by atoms with E-state index < -0.39 is 0 Å². The van der Waals surface area contributed by atoms with Crippen LogP contribution in [0.15, 0.2) is 78.9 Å². The van der Waals surface area contributed by atoms with Crippen molar-refractivity contribution in [1.82, 2.24) is 0 Å². The Morgan fingerprint density at radius 1 is 0.522 bits per heavy atom. The first-order chi connectivity index (χ1) is 11.3. The molecule has 0 fully saturated rings. The van der Waals surface area contributed by atoms with Crippen LogP contribution in [-0.2, 0) is 0 Å². The molecular formula is C22H13B. The van der Waals surface area contributed by atoms with E-state index in [2.05, 4.69) is 72.8 Å². The summed E-state index contributed by atoms with van der Waals surface area (Å²) in [5, 5.41) is 7.54. The van der Waals surface area contributed by atoms with Gasteiger partial charge in [0.05, 0.1) is 0 Å². The SMILES string of the molecule is [B]c1ccc2ccc3c(-c4ccccc4)ccc4ccc1c2c43. The molecule has 2 radical (unpaired) electrons. The van der Waals surface area contributed by atoms with Crippen LogP contribution in [0, 0.1) is 0 Å². The molecule has 0 bridgehead atoms. The molecular weight excluding hydrogens is 275 g/mol. The Morgan fingerprint density at radius 2 is 1.13 bits per heavy atom. The minimum absolute atomic E-state index is 0.844. The van der Waals surface area contributed by atoms with Gasteiger partial charge in [-0.3, -0.25) is 0 Å². The fraction of sp³-hybridized carbons (Fsp3) is 0. The molecule has 0 heterocycles. The second kappa shape index (κ2) is 4.60. The van der Waals surface area contributed by atoms with Gasteiger partial charge in [0.2, 0.25) is 0 Å². The van der Waals surface area contributed by atoms with Crippen molar-refractivity contribution < 1.29 is 0 Å². The van der Waals surface area contributed by atoms with E-state index in [1.165, 1.54) is 38.1 Å². The lowest BCUT2D eigenvalue weighted by molar-refractivity contribution is 1.67. The van der Waals surface area contributed by atoms with Crippen LogP contribution < -0.4 is 5.46 Å². The van der Waals surface area contributed by atoms with E-state index in [1.807, 2.05) is 6.07 Å². The molecule has 23 heavy (non-hydrogen) atoms. The zero-order valence-corrected chi connectivity index (χ0v) is 12.6. The van der Waals surface area contributed by atoms with Crippen molar-refractivity contribution in [2.75, 3.05) is 0 Å². The fourth-order valence-electron chi connectivity index (χ4n) is 3.69. The van der Waals surface area contributed by atoms with Crippen molar-refractivity contribution >= 4 is 45.6 Å². The molecule has 0 saturated carbocycles. The van der Waals surface area contributed by atoms with Crippen LogP contribution in [0.5, 0.6) is 0 Å². The first kappa shape index (κ1) is 12.7. The molecule has 0 amide bonds. The molecule has 0 unspecified atom stereocenters. The summed E-state index contributed by atoms with van der Waals surface area (Å²) in [6.07, 6.45) is 0. The summed E-state index contributed by atoms with van der Waals surface area (Å²) in [6, 6.07) is 27.9. The van der Waals surface area contributed by atoms with E-state index in [9.17, 15) is 0 Å². The predicted molar refractivity (Wildman–Crippen MR) is 101 cm³/mol. The van der Waals surface area contributed by atoms with Crippen molar-refractivity contribution in [3.05, 3.63) is 78.9 Å². The molecule has 0 nitrogen and oxygen atoms in total. The highest BCUT2D eigenvalue weighted by Gasteiger charge is 2.12. The van der Waals surface area contributed by atoms with Gasteiger partial charge in [-0.25, -0.2) is 0 Å².